The number of methoxy groups -OCH3 is 1. The number of nitrogens with one attached hydrogen (secondary N) is 1. The molecule has 0 radical (unpaired) electrons. The van der Waals surface area contributed by atoms with E-state index in [1.54, 1.807) is 12.1 Å². The third kappa shape index (κ3) is 3.43. The second-order valence-corrected chi connectivity index (χ2v) is 4.71. The zero-order valence-corrected chi connectivity index (χ0v) is 10.9. The van der Waals surface area contributed by atoms with Gasteiger partial charge in [0.25, 0.3) is 0 Å². The van der Waals surface area contributed by atoms with Gasteiger partial charge in [-0.2, -0.15) is 0 Å². The third-order valence-electron chi connectivity index (χ3n) is 2.85. The summed E-state index contributed by atoms with van der Waals surface area (Å²) in [5, 5.41) is 2.70. The van der Waals surface area contributed by atoms with Crippen molar-refractivity contribution in [1.82, 2.24) is 5.32 Å². The Balaban J connectivity index is 2.84. The van der Waals surface area contributed by atoms with Gasteiger partial charge in [-0.1, -0.05) is 19.9 Å². The molecule has 0 saturated carbocycles. The lowest BCUT2D eigenvalue weighted by molar-refractivity contribution is -0.119. The van der Waals surface area contributed by atoms with Crippen LogP contribution in [0.4, 0.5) is 4.39 Å². The fraction of sp³-hybridized carbons (Fsp3) is 0.462. The van der Waals surface area contributed by atoms with Crippen molar-refractivity contribution in [3.63, 3.8) is 0 Å². The summed E-state index contributed by atoms with van der Waals surface area (Å²) in [5.41, 5.74) is 5.63. The topological polar surface area (TPSA) is 64.3 Å². The van der Waals surface area contributed by atoms with Crippen LogP contribution in [0.5, 0.6) is 5.75 Å². The molecule has 0 aliphatic rings. The summed E-state index contributed by atoms with van der Waals surface area (Å²) in [6.45, 7) is 4.19. The average molecular weight is 254 g/mol. The molecule has 1 aromatic rings. The predicted molar refractivity (Wildman–Crippen MR) is 68.0 cm³/mol. The van der Waals surface area contributed by atoms with Gasteiger partial charge >= 0.3 is 0 Å². The number of hydrogen-bond acceptors (Lipinski definition) is 3. The van der Waals surface area contributed by atoms with Crippen molar-refractivity contribution >= 4 is 5.91 Å². The van der Waals surface area contributed by atoms with E-state index in [9.17, 15) is 9.18 Å². The molecular formula is C13H19FN2O2. The largest absolute Gasteiger partial charge is 0.494 e. The minimum atomic E-state index is -0.409. The predicted octanol–water partition coefficient (Wildman–Crippen LogP) is 1.19. The summed E-state index contributed by atoms with van der Waals surface area (Å²) >= 11 is 0. The van der Waals surface area contributed by atoms with E-state index in [0.717, 1.165) is 5.56 Å². The van der Waals surface area contributed by atoms with Crippen LogP contribution < -0.4 is 15.8 Å². The Bertz CT molecular complexity index is 433. The quantitative estimate of drug-likeness (QED) is 0.829. The van der Waals surface area contributed by atoms with E-state index in [2.05, 4.69) is 5.32 Å². The Labute approximate surface area is 106 Å². The van der Waals surface area contributed by atoms with Crippen molar-refractivity contribution in [1.29, 1.82) is 0 Å². The van der Waals surface area contributed by atoms with Crippen molar-refractivity contribution in [2.75, 3.05) is 20.2 Å². The molecule has 18 heavy (non-hydrogen) atoms. The van der Waals surface area contributed by atoms with Crippen molar-refractivity contribution in [2.24, 2.45) is 5.73 Å². The van der Waals surface area contributed by atoms with Crippen molar-refractivity contribution < 1.29 is 13.9 Å². The normalized spacial score (nSPS) is 11.2. The minimum absolute atomic E-state index is 0.0486. The number of hydrogen-bond donors (Lipinski definition) is 2. The van der Waals surface area contributed by atoms with Gasteiger partial charge in [-0.15, -0.1) is 0 Å². The van der Waals surface area contributed by atoms with E-state index < -0.39 is 5.82 Å². The van der Waals surface area contributed by atoms with Crippen LogP contribution in [0.15, 0.2) is 18.2 Å². The first-order chi connectivity index (χ1) is 8.40. The lowest BCUT2D eigenvalue weighted by atomic mass is 9.84. The highest BCUT2D eigenvalue weighted by atomic mass is 19.1. The van der Waals surface area contributed by atoms with Crippen molar-refractivity contribution in [3.05, 3.63) is 29.6 Å². The van der Waals surface area contributed by atoms with Gasteiger partial charge in [-0.25, -0.2) is 4.39 Å². The number of halogens is 1. The van der Waals surface area contributed by atoms with Gasteiger partial charge in [-0.05, 0) is 17.7 Å². The van der Waals surface area contributed by atoms with Crippen molar-refractivity contribution in [2.45, 2.75) is 19.3 Å². The van der Waals surface area contributed by atoms with E-state index in [4.69, 9.17) is 10.5 Å². The fourth-order valence-electron chi connectivity index (χ4n) is 1.58. The molecule has 0 saturated heterocycles. The molecule has 0 fully saturated rings. The van der Waals surface area contributed by atoms with Crippen LogP contribution in [0.2, 0.25) is 0 Å². The number of carbonyl (C=O) groups is 1. The van der Waals surface area contributed by atoms with E-state index in [1.807, 2.05) is 13.8 Å². The molecule has 0 aromatic heterocycles. The number of rotatable bonds is 5. The highest BCUT2D eigenvalue weighted by molar-refractivity contribution is 5.77. The van der Waals surface area contributed by atoms with Gasteiger partial charge in [0, 0.05) is 12.0 Å². The molecule has 1 rings (SSSR count). The number of carbonyl (C=O) groups excluding carboxylic acids is 1. The Hall–Kier alpha value is -1.62. The molecule has 0 unspecified atom stereocenters. The summed E-state index contributed by atoms with van der Waals surface area (Å²) in [7, 11) is 1.42. The van der Waals surface area contributed by atoms with Crippen LogP contribution in [-0.4, -0.2) is 26.1 Å². The van der Waals surface area contributed by atoms with Crippen LogP contribution in [0.25, 0.3) is 0 Å². The first-order valence-electron chi connectivity index (χ1n) is 5.71. The van der Waals surface area contributed by atoms with Gasteiger partial charge in [0.1, 0.15) is 0 Å². The molecule has 0 heterocycles. The number of amides is 1. The number of nitrogens with two attached hydrogens (primary N) is 1. The maximum Gasteiger partial charge on any atom is 0.233 e. The monoisotopic (exact) mass is 254 g/mol. The van der Waals surface area contributed by atoms with E-state index >= 15 is 0 Å². The first-order valence-corrected chi connectivity index (χ1v) is 5.71. The van der Waals surface area contributed by atoms with Crippen LogP contribution in [0, 0.1) is 5.82 Å². The second-order valence-electron chi connectivity index (χ2n) is 4.71. The van der Waals surface area contributed by atoms with Crippen molar-refractivity contribution in [3.8, 4) is 5.75 Å². The molecule has 1 amide bonds. The molecule has 0 spiro atoms. The number of ether oxygens (including phenoxy) is 1. The molecule has 1 aromatic carbocycles. The number of benzene rings is 1. The Morgan fingerprint density at radius 3 is 2.67 bits per heavy atom. The lowest BCUT2D eigenvalue weighted by Crippen LogP contribution is -2.39. The molecule has 5 heteroatoms. The molecule has 0 aliphatic carbocycles. The molecule has 3 N–H and O–H groups in total. The molecule has 0 bridgehead atoms. The smallest absolute Gasteiger partial charge is 0.233 e. The van der Waals surface area contributed by atoms with E-state index in [-0.39, 0.29) is 23.6 Å². The van der Waals surface area contributed by atoms with E-state index in [0.29, 0.717) is 6.54 Å². The van der Waals surface area contributed by atoms with Gasteiger partial charge in [-0.3, -0.25) is 4.79 Å². The Morgan fingerprint density at radius 2 is 2.17 bits per heavy atom. The van der Waals surface area contributed by atoms with Crippen LogP contribution in [0.1, 0.15) is 19.4 Å². The van der Waals surface area contributed by atoms with Gasteiger partial charge < -0.3 is 15.8 Å². The highest BCUT2D eigenvalue weighted by Gasteiger charge is 2.22. The highest BCUT2D eigenvalue weighted by Crippen LogP contribution is 2.26. The van der Waals surface area contributed by atoms with Gasteiger partial charge in [0.2, 0.25) is 5.91 Å². The van der Waals surface area contributed by atoms with Crippen LogP contribution in [0.3, 0.4) is 0 Å². The van der Waals surface area contributed by atoms with Gasteiger partial charge in [0.05, 0.1) is 13.7 Å². The van der Waals surface area contributed by atoms with Crippen LogP contribution >= 0.6 is 0 Å². The standard InChI is InChI=1S/C13H19FN2O2/c1-13(2,8-16-12(17)7-15)9-4-5-11(18-3)10(14)6-9/h4-6H,7-8,15H2,1-3H3,(H,16,17). The molecule has 0 atom stereocenters. The summed E-state index contributed by atoms with van der Waals surface area (Å²) in [4.78, 5) is 11.1. The first kappa shape index (κ1) is 14.4. The Kier molecular flexibility index (Phi) is 4.67. The Morgan fingerprint density at radius 1 is 1.50 bits per heavy atom. The van der Waals surface area contributed by atoms with E-state index in [1.165, 1.54) is 13.2 Å². The molecule has 4 nitrogen and oxygen atoms in total. The maximum atomic E-state index is 13.6. The summed E-state index contributed by atoms with van der Waals surface area (Å²) < 4.78 is 18.5. The fourth-order valence-corrected chi connectivity index (χ4v) is 1.58. The van der Waals surface area contributed by atoms with Crippen LogP contribution in [-0.2, 0) is 10.2 Å². The average Bonchev–Trinajstić information content (AvgIpc) is 2.35. The summed E-state index contributed by atoms with van der Waals surface area (Å²) in [5.74, 6) is -0.425. The maximum absolute atomic E-state index is 13.6. The lowest BCUT2D eigenvalue weighted by Gasteiger charge is -2.26. The minimum Gasteiger partial charge on any atom is -0.494 e. The third-order valence-corrected chi connectivity index (χ3v) is 2.85. The second kappa shape index (κ2) is 5.82. The zero-order valence-electron chi connectivity index (χ0n) is 10.9. The zero-order chi connectivity index (χ0) is 13.8. The summed E-state index contributed by atoms with van der Waals surface area (Å²) in [6, 6.07) is 4.79. The summed E-state index contributed by atoms with van der Waals surface area (Å²) in [6.07, 6.45) is 0. The van der Waals surface area contributed by atoms with Gasteiger partial charge in [0.15, 0.2) is 11.6 Å². The SMILES string of the molecule is COc1ccc(C(C)(C)CNC(=O)CN)cc1F. The molecule has 0 aliphatic heterocycles. The molecular weight excluding hydrogens is 235 g/mol. The molecule has 100 valence electrons.